The molecule has 3 N–H and O–H groups in total. The van der Waals surface area contributed by atoms with E-state index in [0.717, 1.165) is 11.7 Å². The molecule has 0 spiro atoms. The fourth-order valence-corrected chi connectivity index (χ4v) is 1.95. The van der Waals surface area contributed by atoms with Crippen molar-refractivity contribution in [2.75, 3.05) is 18.2 Å². The van der Waals surface area contributed by atoms with Crippen LogP contribution in [0.4, 0.5) is 11.5 Å². The quantitative estimate of drug-likeness (QED) is 0.818. The zero-order valence-corrected chi connectivity index (χ0v) is 9.86. The van der Waals surface area contributed by atoms with Crippen molar-refractivity contribution in [2.24, 2.45) is 5.92 Å². The van der Waals surface area contributed by atoms with Crippen LogP contribution in [0.15, 0.2) is 12.1 Å². The van der Waals surface area contributed by atoms with Gasteiger partial charge in [0.15, 0.2) is 5.82 Å². The van der Waals surface area contributed by atoms with Crippen molar-refractivity contribution in [3.63, 3.8) is 0 Å². The van der Waals surface area contributed by atoms with Gasteiger partial charge in [0.1, 0.15) is 0 Å². The van der Waals surface area contributed by atoms with Gasteiger partial charge in [0.25, 0.3) is 0 Å². The van der Waals surface area contributed by atoms with E-state index in [4.69, 9.17) is 10.5 Å². The topological polar surface area (TPSA) is 60.2 Å². The molecule has 1 aromatic heterocycles. The van der Waals surface area contributed by atoms with E-state index in [1.807, 2.05) is 6.07 Å². The lowest BCUT2D eigenvalue weighted by Crippen LogP contribution is -2.31. The highest BCUT2D eigenvalue weighted by Gasteiger charge is 2.24. The summed E-state index contributed by atoms with van der Waals surface area (Å²) in [6.07, 6.45) is 3.95. The van der Waals surface area contributed by atoms with E-state index in [0.29, 0.717) is 17.6 Å². The number of nitrogens with two attached hydrogens (primary N) is 1. The molecule has 0 saturated heterocycles. The van der Waals surface area contributed by atoms with Gasteiger partial charge in [-0.05, 0) is 31.7 Å². The second-order valence-corrected chi connectivity index (χ2v) is 4.42. The summed E-state index contributed by atoms with van der Waals surface area (Å²) in [6.45, 7) is 2.18. The lowest BCUT2D eigenvalue weighted by atomic mass is 9.80. The average molecular weight is 221 g/mol. The minimum atomic E-state index is 0.427. The monoisotopic (exact) mass is 221 g/mol. The van der Waals surface area contributed by atoms with Crippen molar-refractivity contribution >= 4 is 11.5 Å². The van der Waals surface area contributed by atoms with Crippen molar-refractivity contribution in [2.45, 2.75) is 32.2 Å². The minimum Gasteiger partial charge on any atom is -0.481 e. The molecule has 4 heteroatoms. The zero-order chi connectivity index (χ0) is 11.5. The Hall–Kier alpha value is -1.45. The summed E-state index contributed by atoms with van der Waals surface area (Å²) in [5, 5.41) is 3.37. The van der Waals surface area contributed by atoms with E-state index in [1.165, 1.54) is 19.3 Å². The minimum absolute atomic E-state index is 0.427. The number of methoxy groups -OCH3 is 1. The Morgan fingerprint density at radius 3 is 2.81 bits per heavy atom. The number of hydrogen-bond acceptors (Lipinski definition) is 4. The van der Waals surface area contributed by atoms with E-state index in [2.05, 4.69) is 17.2 Å². The average Bonchev–Trinajstić information content (AvgIpc) is 2.18. The number of ether oxygens (including phenoxy) is 1. The molecule has 0 aromatic carbocycles. The first kappa shape index (κ1) is 11.0. The van der Waals surface area contributed by atoms with Crippen molar-refractivity contribution in [1.82, 2.24) is 4.98 Å². The highest BCUT2D eigenvalue weighted by atomic mass is 16.5. The molecule has 1 heterocycles. The summed E-state index contributed by atoms with van der Waals surface area (Å²) in [7, 11) is 1.61. The van der Waals surface area contributed by atoms with Gasteiger partial charge in [-0.15, -0.1) is 0 Å². The molecule has 0 bridgehead atoms. The van der Waals surface area contributed by atoms with Crippen molar-refractivity contribution in [3.8, 4) is 5.88 Å². The summed E-state index contributed by atoms with van der Waals surface area (Å²) in [5.41, 5.74) is 6.54. The second kappa shape index (κ2) is 4.60. The predicted octanol–water partition coefficient (Wildman–Crippen LogP) is 2.27. The van der Waals surface area contributed by atoms with Gasteiger partial charge in [0.2, 0.25) is 5.88 Å². The van der Waals surface area contributed by atoms with Gasteiger partial charge in [0, 0.05) is 12.1 Å². The standard InChI is InChI=1S/C12H19N3O/c1-8(9-4-3-5-9)14-12-10(13)6-7-11(15-12)16-2/h6-9H,3-5,13H2,1-2H3,(H,14,15). The Morgan fingerprint density at radius 2 is 2.25 bits per heavy atom. The maximum absolute atomic E-state index is 5.87. The molecule has 1 aliphatic carbocycles. The van der Waals surface area contributed by atoms with E-state index >= 15 is 0 Å². The van der Waals surface area contributed by atoms with Crippen LogP contribution in [-0.4, -0.2) is 18.1 Å². The number of rotatable bonds is 4. The molecule has 4 nitrogen and oxygen atoms in total. The first-order valence-corrected chi connectivity index (χ1v) is 5.77. The third-order valence-electron chi connectivity index (χ3n) is 3.33. The van der Waals surface area contributed by atoms with E-state index < -0.39 is 0 Å². The van der Waals surface area contributed by atoms with Crippen LogP contribution in [0.3, 0.4) is 0 Å². The molecule has 0 aliphatic heterocycles. The molecule has 2 rings (SSSR count). The van der Waals surface area contributed by atoms with Gasteiger partial charge in [0.05, 0.1) is 12.8 Å². The van der Waals surface area contributed by atoms with Crippen LogP contribution in [0.1, 0.15) is 26.2 Å². The first-order chi connectivity index (χ1) is 7.70. The van der Waals surface area contributed by atoms with E-state index in [9.17, 15) is 0 Å². The van der Waals surface area contributed by atoms with Crippen molar-refractivity contribution < 1.29 is 4.74 Å². The Bertz CT molecular complexity index is 363. The third-order valence-corrected chi connectivity index (χ3v) is 3.33. The highest BCUT2D eigenvalue weighted by molar-refractivity contribution is 5.62. The molecule has 1 saturated carbocycles. The Balaban J connectivity index is 2.06. The number of nitrogens with zero attached hydrogens (tertiary/aromatic N) is 1. The van der Waals surface area contributed by atoms with E-state index in [-0.39, 0.29) is 0 Å². The molecule has 1 atom stereocenters. The summed E-state index contributed by atoms with van der Waals surface area (Å²) in [6, 6.07) is 4.02. The van der Waals surface area contributed by atoms with Crippen molar-refractivity contribution in [3.05, 3.63) is 12.1 Å². The number of nitrogen functional groups attached to an aromatic ring is 1. The number of aromatic nitrogens is 1. The van der Waals surface area contributed by atoms with Crippen LogP contribution < -0.4 is 15.8 Å². The summed E-state index contributed by atoms with van der Waals surface area (Å²) in [4.78, 5) is 4.31. The van der Waals surface area contributed by atoms with Crippen LogP contribution >= 0.6 is 0 Å². The van der Waals surface area contributed by atoms with Gasteiger partial charge in [-0.2, -0.15) is 4.98 Å². The van der Waals surface area contributed by atoms with Gasteiger partial charge in [-0.25, -0.2) is 0 Å². The first-order valence-electron chi connectivity index (χ1n) is 5.77. The summed E-state index contributed by atoms with van der Waals surface area (Å²) in [5.74, 6) is 2.09. The maximum Gasteiger partial charge on any atom is 0.215 e. The largest absolute Gasteiger partial charge is 0.481 e. The summed E-state index contributed by atoms with van der Waals surface area (Å²) < 4.78 is 5.09. The number of nitrogens with one attached hydrogen (secondary N) is 1. The molecule has 16 heavy (non-hydrogen) atoms. The van der Waals surface area contributed by atoms with E-state index in [1.54, 1.807) is 13.2 Å². The fraction of sp³-hybridized carbons (Fsp3) is 0.583. The molecule has 0 radical (unpaired) electrons. The lowest BCUT2D eigenvalue weighted by molar-refractivity contribution is 0.284. The van der Waals surface area contributed by atoms with Crippen LogP contribution in [0.2, 0.25) is 0 Å². The Morgan fingerprint density at radius 1 is 1.50 bits per heavy atom. The maximum atomic E-state index is 5.87. The third kappa shape index (κ3) is 2.21. The van der Waals surface area contributed by atoms with Gasteiger partial charge < -0.3 is 15.8 Å². The SMILES string of the molecule is COc1ccc(N)c(NC(C)C2CCC2)n1. The van der Waals surface area contributed by atoms with Crippen LogP contribution in [0.25, 0.3) is 0 Å². The molecule has 1 aliphatic rings. The lowest BCUT2D eigenvalue weighted by Gasteiger charge is -2.32. The molecule has 1 fully saturated rings. The highest BCUT2D eigenvalue weighted by Crippen LogP contribution is 2.31. The van der Waals surface area contributed by atoms with Crippen molar-refractivity contribution in [1.29, 1.82) is 0 Å². The summed E-state index contributed by atoms with van der Waals surface area (Å²) >= 11 is 0. The normalized spacial score (nSPS) is 17.6. The Labute approximate surface area is 96.2 Å². The van der Waals surface area contributed by atoms with Gasteiger partial charge in [-0.1, -0.05) is 6.42 Å². The van der Waals surface area contributed by atoms with Gasteiger partial charge in [-0.3, -0.25) is 0 Å². The predicted molar refractivity (Wildman–Crippen MR) is 65.6 cm³/mol. The van der Waals surface area contributed by atoms with Crippen LogP contribution in [0, 0.1) is 5.92 Å². The van der Waals surface area contributed by atoms with Crippen LogP contribution in [0.5, 0.6) is 5.88 Å². The molecule has 1 unspecified atom stereocenters. The molecular weight excluding hydrogens is 202 g/mol. The number of pyridine rings is 1. The second-order valence-electron chi connectivity index (χ2n) is 4.42. The molecule has 1 aromatic rings. The fourth-order valence-electron chi connectivity index (χ4n) is 1.95. The van der Waals surface area contributed by atoms with Gasteiger partial charge >= 0.3 is 0 Å². The number of anilines is 2. The molecular formula is C12H19N3O. The smallest absolute Gasteiger partial charge is 0.215 e. The van der Waals surface area contributed by atoms with Crippen LogP contribution in [-0.2, 0) is 0 Å². The number of hydrogen-bond donors (Lipinski definition) is 2. The molecule has 88 valence electrons. The molecule has 0 amide bonds. The Kier molecular flexibility index (Phi) is 3.17. The zero-order valence-electron chi connectivity index (χ0n) is 9.86.